The van der Waals surface area contributed by atoms with Crippen LogP contribution in [0, 0.1) is 11.8 Å². The van der Waals surface area contributed by atoms with Crippen molar-refractivity contribution in [1.82, 2.24) is 10.2 Å². The largest absolute Gasteiger partial charge is 0.382 e. The van der Waals surface area contributed by atoms with Gasteiger partial charge >= 0.3 is 0 Å². The van der Waals surface area contributed by atoms with Crippen molar-refractivity contribution in [2.24, 2.45) is 0 Å². The van der Waals surface area contributed by atoms with E-state index in [0.717, 1.165) is 16.5 Å². The molecule has 1 heterocycles. The highest BCUT2D eigenvalue weighted by Crippen LogP contribution is 2.18. The summed E-state index contributed by atoms with van der Waals surface area (Å²) in [6, 6.07) is 5.69. The molecule has 0 aliphatic heterocycles. The Morgan fingerprint density at radius 2 is 2.36 bits per heavy atom. The number of halogens is 1. The van der Waals surface area contributed by atoms with Crippen molar-refractivity contribution in [3.05, 3.63) is 23.8 Å². The third-order valence-corrected chi connectivity index (χ3v) is 2.03. The van der Waals surface area contributed by atoms with Gasteiger partial charge in [-0.25, -0.2) is 0 Å². The fourth-order valence-electron chi connectivity index (χ4n) is 1.25. The van der Waals surface area contributed by atoms with E-state index >= 15 is 0 Å². The molecule has 3 N–H and O–H groups in total. The quantitative estimate of drug-likeness (QED) is 0.509. The van der Waals surface area contributed by atoms with Crippen LogP contribution in [0.1, 0.15) is 5.56 Å². The molecule has 14 heavy (non-hydrogen) atoms. The zero-order valence-corrected chi connectivity index (χ0v) is 8.10. The lowest BCUT2D eigenvalue weighted by Crippen LogP contribution is -1.83. The Kier molecular flexibility index (Phi) is 2.30. The molecule has 0 aliphatic carbocycles. The van der Waals surface area contributed by atoms with Crippen LogP contribution >= 0.6 is 11.6 Å². The maximum Gasteiger partial charge on any atom is 0.153 e. The number of H-pyrrole nitrogens is 1. The molecule has 1 aromatic carbocycles. The standard InChI is InChI=1S/C10H8ClN3/c11-5-1-2-7-3-4-8-9(6-7)13-14-10(8)12/h3-4,6H,5H2,(H3,12,13,14). The van der Waals surface area contributed by atoms with Gasteiger partial charge < -0.3 is 5.73 Å². The van der Waals surface area contributed by atoms with Crippen molar-refractivity contribution < 1.29 is 0 Å². The summed E-state index contributed by atoms with van der Waals surface area (Å²) in [7, 11) is 0. The lowest BCUT2D eigenvalue weighted by molar-refractivity contribution is 1.13. The van der Waals surface area contributed by atoms with E-state index in [1.54, 1.807) is 0 Å². The number of nitrogens with zero attached hydrogens (tertiary/aromatic N) is 1. The van der Waals surface area contributed by atoms with E-state index in [2.05, 4.69) is 22.0 Å². The average Bonchev–Trinajstić information content (AvgIpc) is 2.57. The minimum atomic E-state index is 0.336. The van der Waals surface area contributed by atoms with Gasteiger partial charge in [-0.05, 0) is 18.2 Å². The molecule has 3 nitrogen and oxygen atoms in total. The molecule has 2 rings (SSSR count). The summed E-state index contributed by atoms with van der Waals surface area (Å²) in [5.41, 5.74) is 7.42. The molecule has 0 bridgehead atoms. The second-order valence-electron chi connectivity index (χ2n) is 2.80. The minimum Gasteiger partial charge on any atom is -0.382 e. The second-order valence-corrected chi connectivity index (χ2v) is 3.07. The summed E-state index contributed by atoms with van der Waals surface area (Å²) in [6.07, 6.45) is 0. The van der Waals surface area contributed by atoms with Gasteiger partial charge in [-0.15, -0.1) is 11.6 Å². The number of fused-ring (bicyclic) bond motifs is 1. The summed E-state index contributed by atoms with van der Waals surface area (Å²) in [5.74, 6) is 6.56. The lowest BCUT2D eigenvalue weighted by atomic mass is 10.1. The number of rotatable bonds is 0. The molecule has 0 saturated heterocycles. The lowest BCUT2D eigenvalue weighted by Gasteiger charge is -1.91. The number of aromatic amines is 1. The molecule has 0 saturated carbocycles. The highest BCUT2D eigenvalue weighted by Gasteiger charge is 2.00. The van der Waals surface area contributed by atoms with Crippen LogP contribution in [0.25, 0.3) is 10.9 Å². The smallest absolute Gasteiger partial charge is 0.153 e. The van der Waals surface area contributed by atoms with Gasteiger partial charge in [0, 0.05) is 10.9 Å². The van der Waals surface area contributed by atoms with Crippen LogP contribution in [-0.4, -0.2) is 16.1 Å². The maximum absolute atomic E-state index is 5.63. The van der Waals surface area contributed by atoms with Gasteiger partial charge in [0.25, 0.3) is 0 Å². The first-order valence-electron chi connectivity index (χ1n) is 4.09. The Hall–Kier alpha value is -1.66. The number of benzene rings is 1. The summed E-state index contributed by atoms with van der Waals surface area (Å²) >= 11 is 5.46. The van der Waals surface area contributed by atoms with Crippen LogP contribution < -0.4 is 5.73 Å². The maximum atomic E-state index is 5.63. The van der Waals surface area contributed by atoms with Crippen LogP contribution in [0.4, 0.5) is 5.82 Å². The Morgan fingerprint density at radius 1 is 1.50 bits per heavy atom. The van der Waals surface area contributed by atoms with Gasteiger partial charge in [0.1, 0.15) is 0 Å². The van der Waals surface area contributed by atoms with Crippen molar-refractivity contribution in [3.63, 3.8) is 0 Å². The molecule has 0 amide bonds. The monoisotopic (exact) mass is 205 g/mol. The van der Waals surface area contributed by atoms with Crippen LogP contribution in [0.15, 0.2) is 18.2 Å². The molecule has 4 heteroatoms. The predicted molar refractivity (Wildman–Crippen MR) is 58.1 cm³/mol. The number of nitrogens with one attached hydrogen (secondary N) is 1. The van der Waals surface area contributed by atoms with Gasteiger partial charge in [-0.1, -0.05) is 11.8 Å². The van der Waals surface area contributed by atoms with E-state index < -0.39 is 0 Å². The Morgan fingerprint density at radius 3 is 3.14 bits per heavy atom. The highest BCUT2D eigenvalue weighted by molar-refractivity contribution is 6.19. The number of hydrogen-bond donors (Lipinski definition) is 2. The van der Waals surface area contributed by atoms with Crippen LogP contribution in [0.3, 0.4) is 0 Å². The van der Waals surface area contributed by atoms with Gasteiger partial charge in [0.05, 0.1) is 11.4 Å². The van der Waals surface area contributed by atoms with Gasteiger partial charge in [0.2, 0.25) is 0 Å². The SMILES string of the molecule is Nc1n[nH]c2cc(C#CCCl)ccc12. The Balaban J connectivity index is 2.52. The zero-order valence-electron chi connectivity index (χ0n) is 7.34. The first-order chi connectivity index (χ1) is 6.81. The average molecular weight is 206 g/mol. The van der Waals surface area contributed by atoms with Crippen molar-refractivity contribution in [1.29, 1.82) is 0 Å². The van der Waals surface area contributed by atoms with Crippen molar-refractivity contribution in [3.8, 4) is 11.8 Å². The topological polar surface area (TPSA) is 54.7 Å². The third-order valence-electron chi connectivity index (χ3n) is 1.89. The number of alkyl halides is 1. The van der Waals surface area contributed by atoms with Gasteiger partial charge in [-0.2, -0.15) is 5.10 Å². The van der Waals surface area contributed by atoms with E-state index in [9.17, 15) is 0 Å². The van der Waals surface area contributed by atoms with Crippen LogP contribution in [0.5, 0.6) is 0 Å². The molecule has 0 atom stereocenters. The van der Waals surface area contributed by atoms with Gasteiger partial charge in [-0.3, -0.25) is 5.10 Å². The van der Waals surface area contributed by atoms with Crippen LogP contribution in [-0.2, 0) is 0 Å². The summed E-state index contributed by atoms with van der Waals surface area (Å²) < 4.78 is 0. The molecule has 2 aromatic rings. The molecule has 70 valence electrons. The number of aromatic nitrogens is 2. The Bertz CT molecular complexity index is 519. The number of anilines is 1. The van der Waals surface area contributed by atoms with Crippen molar-refractivity contribution >= 4 is 28.3 Å². The Labute approximate surface area is 86.2 Å². The summed E-state index contributed by atoms with van der Waals surface area (Å²) in [4.78, 5) is 0. The molecule has 0 radical (unpaired) electrons. The van der Waals surface area contributed by atoms with E-state index in [0.29, 0.717) is 11.7 Å². The number of nitrogen functional groups attached to an aromatic ring is 1. The summed E-state index contributed by atoms with van der Waals surface area (Å²) in [5, 5.41) is 7.64. The molecular weight excluding hydrogens is 198 g/mol. The highest BCUT2D eigenvalue weighted by atomic mass is 35.5. The fraction of sp³-hybridized carbons (Fsp3) is 0.100. The molecule has 0 spiro atoms. The summed E-state index contributed by atoms with van der Waals surface area (Å²) in [6.45, 7) is 0. The first kappa shape index (κ1) is 8.92. The van der Waals surface area contributed by atoms with Crippen molar-refractivity contribution in [2.75, 3.05) is 11.6 Å². The number of hydrogen-bond acceptors (Lipinski definition) is 2. The van der Waals surface area contributed by atoms with Gasteiger partial charge in [0.15, 0.2) is 5.82 Å². The van der Waals surface area contributed by atoms with E-state index in [1.807, 2.05) is 18.2 Å². The minimum absolute atomic E-state index is 0.336. The van der Waals surface area contributed by atoms with Crippen LogP contribution in [0.2, 0.25) is 0 Å². The van der Waals surface area contributed by atoms with E-state index in [4.69, 9.17) is 17.3 Å². The molecule has 0 aliphatic rings. The second kappa shape index (κ2) is 3.60. The molecule has 0 unspecified atom stereocenters. The third kappa shape index (κ3) is 1.52. The van der Waals surface area contributed by atoms with E-state index in [1.165, 1.54) is 0 Å². The van der Waals surface area contributed by atoms with E-state index in [-0.39, 0.29) is 0 Å². The number of nitrogens with two attached hydrogens (primary N) is 1. The normalized spacial score (nSPS) is 9.79. The first-order valence-corrected chi connectivity index (χ1v) is 4.63. The predicted octanol–water partition coefficient (Wildman–Crippen LogP) is 1.74. The molecular formula is C10H8ClN3. The molecule has 0 fully saturated rings. The zero-order chi connectivity index (χ0) is 9.97. The van der Waals surface area contributed by atoms with Crippen molar-refractivity contribution in [2.45, 2.75) is 0 Å². The fourth-order valence-corrected chi connectivity index (χ4v) is 1.32. The molecule has 1 aromatic heterocycles.